The van der Waals surface area contributed by atoms with Gasteiger partial charge < -0.3 is 14.7 Å². The van der Waals surface area contributed by atoms with E-state index in [1.807, 2.05) is 6.07 Å². The van der Waals surface area contributed by atoms with E-state index in [4.69, 9.17) is 4.52 Å². The maximum Gasteiger partial charge on any atom is 0.326 e. The largest absolute Gasteiger partial charge is 0.356 e. The molecule has 1 saturated heterocycles. The number of nitrogens with one attached hydrogen (secondary N) is 1. The Kier molecular flexibility index (Phi) is 4.92. The number of imide groups is 1. The molecule has 1 N–H and O–H groups in total. The molecular formula is C16H18N6O4. The third-order valence-corrected chi connectivity index (χ3v) is 4.07. The van der Waals surface area contributed by atoms with Gasteiger partial charge in [-0.25, -0.2) is 4.79 Å². The number of aromatic nitrogens is 3. The quantitative estimate of drug-likeness (QED) is 0.725. The van der Waals surface area contributed by atoms with Crippen LogP contribution in [0.5, 0.6) is 0 Å². The van der Waals surface area contributed by atoms with Gasteiger partial charge in [0.2, 0.25) is 17.6 Å². The van der Waals surface area contributed by atoms with E-state index in [0.29, 0.717) is 23.8 Å². The molecule has 10 nitrogen and oxygen atoms in total. The van der Waals surface area contributed by atoms with Gasteiger partial charge in [-0.05, 0) is 12.1 Å². The highest BCUT2D eigenvalue weighted by atomic mass is 16.5. The van der Waals surface area contributed by atoms with Gasteiger partial charge >= 0.3 is 6.03 Å². The molecule has 1 aliphatic heterocycles. The van der Waals surface area contributed by atoms with Gasteiger partial charge in [0, 0.05) is 33.3 Å². The Bertz CT molecular complexity index is 821. The highest BCUT2D eigenvalue weighted by Gasteiger charge is 2.41. The predicted molar refractivity (Wildman–Crippen MR) is 88.6 cm³/mol. The van der Waals surface area contributed by atoms with Crippen LogP contribution in [0.3, 0.4) is 0 Å². The van der Waals surface area contributed by atoms with Crippen LogP contribution in [0.15, 0.2) is 28.9 Å². The van der Waals surface area contributed by atoms with Gasteiger partial charge in [-0.1, -0.05) is 11.2 Å². The molecule has 0 aromatic carbocycles. The number of carbonyl (C=O) groups is 3. The Morgan fingerprint density at radius 2 is 2.12 bits per heavy atom. The van der Waals surface area contributed by atoms with Crippen molar-refractivity contribution >= 4 is 17.8 Å². The van der Waals surface area contributed by atoms with E-state index in [2.05, 4.69) is 20.4 Å². The Morgan fingerprint density at radius 3 is 2.77 bits per heavy atom. The molecule has 0 bridgehead atoms. The van der Waals surface area contributed by atoms with Crippen molar-refractivity contribution in [3.05, 3.63) is 30.3 Å². The molecule has 2 aromatic heterocycles. The Morgan fingerprint density at radius 1 is 1.31 bits per heavy atom. The lowest BCUT2D eigenvalue weighted by atomic mass is 10.2. The predicted octanol–water partition coefficient (Wildman–Crippen LogP) is 0.0728. The monoisotopic (exact) mass is 358 g/mol. The molecule has 1 atom stereocenters. The first kappa shape index (κ1) is 17.5. The number of rotatable bonds is 6. The Hall–Kier alpha value is -3.30. The average Bonchev–Trinajstić information content (AvgIpc) is 3.19. The van der Waals surface area contributed by atoms with E-state index in [-0.39, 0.29) is 24.8 Å². The maximum absolute atomic E-state index is 12.0. The fourth-order valence-electron chi connectivity index (χ4n) is 2.59. The second-order valence-corrected chi connectivity index (χ2v) is 5.84. The summed E-state index contributed by atoms with van der Waals surface area (Å²) in [4.78, 5) is 46.3. The van der Waals surface area contributed by atoms with Crippen molar-refractivity contribution in [2.24, 2.45) is 0 Å². The van der Waals surface area contributed by atoms with E-state index in [0.717, 1.165) is 4.90 Å². The number of amides is 4. The number of hydrogen-bond donors (Lipinski definition) is 1. The molecule has 26 heavy (non-hydrogen) atoms. The molecule has 136 valence electrons. The molecule has 0 aliphatic carbocycles. The van der Waals surface area contributed by atoms with Crippen LogP contribution < -0.4 is 5.32 Å². The minimum absolute atomic E-state index is 0.0889. The lowest BCUT2D eigenvalue weighted by molar-refractivity contribution is -0.131. The third-order valence-electron chi connectivity index (χ3n) is 4.07. The number of carbonyl (C=O) groups excluding carboxylic acids is 3. The molecule has 1 aliphatic rings. The van der Waals surface area contributed by atoms with Crippen LogP contribution in [0.2, 0.25) is 0 Å². The summed E-state index contributed by atoms with van der Waals surface area (Å²) in [6.45, 7) is 0.275. The van der Waals surface area contributed by atoms with Crippen LogP contribution in [-0.4, -0.2) is 69.5 Å². The normalized spacial score (nSPS) is 17.1. The van der Waals surface area contributed by atoms with Crippen LogP contribution in [0.4, 0.5) is 4.79 Å². The van der Waals surface area contributed by atoms with Crippen molar-refractivity contribution in [1.82, 2.24) is 30.2 Å². The van der Waals surface area contributed by atoms with Gasteiger partial charge in [0.05, 0.1) is 6.42 Å². The van der Waals surface area contributed by atoms with Gasteiger partial charge in [0.25, 0.3) is 5.91 Å². The zero-order chi connectivity index (χ0) is 18.7. The van der Waals surface area contributed by atoms with Gasteiger partial charge in [0.1, 0.15) is 11.7 Å². The number of pyridine rings is 1. The van der Waals surface area contributed by atoms with E-state index in [9.17, 15) is 14.4 Å². The van der Waals surface area contributed by atoms with Gasteiger partial charge in [-0.15, -0.1) is 0 Å². The maximum atomic E-state index is 12.0. The molecule has 0 saturated carbocycles. The van der Waals surface area contributed by atoms with Crippen molar-refractivity contribution in [3.63, 3.8) is 0 Å². The van der Waals surface area contributed by atoms with Crippen molar-refractivity contribution in [2.75, 3.05) is 20.6 Å². The second kappa shape index (κ2) is 7.30. The molecule has 3 rings (SSSR count). The number of nitrogens with zero attached hydrogens (tertiary/aromatic N) is 5. The second-order valence-electron chi connectivity index (χ2n) is 5.84. The van der Waals surface area contributed by atoms with Crippen molar-refractivity contribution in [3.8, 4) is 11.5 Å². The van der Waals surface area contributed by atoms with Gasteiger partial charge in [-0.2, -0.15) is 4.98 Å². The third kappa shape index (κ3) is 3.53. The first-order chi connectivity index (χ1) is 12.5. The Labute approximate surface area is 149 Å². The standard InChI is InChI=1S/C16H18N6O4/c1-21-11(15(24)22(2)16(21)25)9-12(23)18-8-6-13-19-14(20-26-13)10-5-3-4-7-17-10/h3-5,7,11H,6,8-9H2,1-2H3,(H,18,23). The smallest absolute Gasteiger partial charge is 0.326 e. The molecule has 10 heteroatoms. The first-order valence-electron chi connectivity index (χ1n) is 8.02. The topological polar surface area (TPSA) is 122 Å². The number of hydrogen-bond acceptors (Lipinski definition) is 7. The average molecular weight is 358 g/mol. The van der Waals surface area contributed by atoms with Crippen LogP contribution in [0.25, 0.3) is 11.5 Å². The summed E-state index contributed by atoms with van der Waals surface area (Å²) in [6, 6.07) is 4.19. The zero-order valence-corrected chi connectivity index (χ0v) is 14.4. The van der Waals surface area contributed by atoms with Crippen molar-refractivity contribution in [2.45, 2.75) is 18.9 Å². The Balaban J connectivity index is 1.48. The molecule has 2 aromatic rings. The van der Waals surface area contributed by atoms with Crippen LogP contribution in [0.1, 0.15) is 12.3 Å². The lowest BCUT2D eigenvalue weighted by Gasteiger charge is -2.15. The molecule has 0 radical (unpaired) electrons. The number of likely N-dealkylation sites (N-methyl/N-ethyl adjacent to an activating group) is 2. The first-order valence-corrected chi connectivity index (χ1v) is 8.02. The SMILES string of the molecule is CN1C(=O)C(CC(=O)NCCc2nc(-c3ccccn3)no2)N(C)C1=O. The molecule has 3 heterocycles. The summed E-state index contributed by atoms with van der Waals surface area (Å²) >= 11 is 0. The van der Waals surface area contributed by atoms with E-state index >= 15 is 0 Å². The van der Waals surface area contributed by atoms with Crippen LogP contribution >= 0.6 is 0 Å². The van der Waals surface area contributed by atoms with Crippen LogP contribution in [-0.2, 0) is 16.0 Å². The highest BCUT2D eigenvalue weighted by Crippen LogP contribution is 2.16. The molecular weight excluding hydrogens is 340 g/mol. The molecule has 1 fully saturated rings. The fraction of sp³-hybridized carbons (Fsp3) is 0.375. The van der Waals surface area contributed by atoms with Gasteiger partial charge in [0.15, 0.2) is 0 Å². The van der Waals surface area contributed by atoms with Crippen molar-refractivity contribution in [1.29, 1.82) is 0 Å². The summed E-state index contributed by atoms with van der Waals surface area (Å²) in [6.07, 6.45) is 1.89. The number of urea groups is 1. The lowest BCUT2D eigenvalue weighted by Crippen LogP contribution is -2.37. The molecule has 1 unspecified atom stereocenters. The fourth-order valence-corrected chi connectivity index (χ4v) is 2.59. The van der Waals surface area contributed by atoms with E-state index < -0.39 is 12.1 Å². The summed E-state index contributed by atoms with van der Waals surface area (Å²) in [5.41, 5.74) is 0.600. The summed E-state index contributed by atoms with van der Waals surface area (Å²) in [7, 11) is 2.90. The molecule has 4 amide bonds. The summed E-state index contributed by atoms with van der Waals surface area (Å²) in [5, 5.41) is 6.54. The van der Waals surface area contributed by atoms with Crippen LogP contribution in [0, 0.1) is 0 Å². The minimum atomic E-state index is -0.772. The zero-order valence-electron chi connectivity index (χ0n) is 14.4. The van der Waals surface area contributed by atoms with E-state index in [1.165, 1.54) is 19.0 Å². The minimum Gasteiger partial charge on any atom is -0.356 e. The summed E-state index contributed by atoms with van der Waals surface area (Å²) < 4.78 is 5.13. The van der Waals surface area contributed by atoms with Gasteiger partial charge in [-0.3, -0.25) is 19.5 Å². The van der Waals surface area contributed by atoms with E-state index in [1.54, 1.807) is 18.3 Å². The van der Waals surface area contributed by atoms with Crippen molar-refractivity contribution < 1.29 is 18.9 Å². The molecule has 0 spiro atoms. The summed E-state index contributed by atoms with van der Waals surface area (Å²) in [5.74, 6) is 0.0360. The highest BCUT2D eigenvalue weighted by molar-refractivity contribution is 6.05.